The van der Waals surface area contributed by atoms with Gasteiger partial charge in [-0.3, -0.25) is 0 Å². The molecule has 0 amide bonds. The Morgan fingerprint density at radius 1 is 1.00 bits per heavy atom. The summed E-state index contributed by atoms with van der Waals surface area (Å²) in [7, 11) is -3.75. The molecule has 1 heterocycles. The molecule has 170 valence electrons. The maximum Gasteiger partial charge on any atom is 0.189 e. The summed E-state index contributed by atoms with van der Waals surface area (Å²) >= 11 is 12.6. The molecule has 0 bridgehead atoms. The van der Waals surface area contributed by atoms with Crippen LogP contribution < -0.4 is 5.32 Å². The second-order valence-corrected chi connectivity index (χ2v) is 11.5. The molecule has 7 heteroatoms. The lowest BCUT2D eigenvalue weighted by Gasteiger charge is -2.40. The lowest BCUT2D eigenvalue weighted by atomic mass is 9.78. The van der Waals surface area contributed by atoms with Gasteiger partial charge in [0.1, 0.15) is 10.6 Å². The molecule has 1 fully saturated rings. The summed E-state index contributed by atoms with van der Waals surface area (Å²) in [5.74, 6) is -0.452. The molecule has 5 rings (SSSR count). The molecule has 33 heavy (non-hydrogen) atoms. The normalized spacial score (nSPS) is 22.3. The number of sulfone groups is 1. The average molecular weight is 502 g/mol. The quantitative estimate of drug-likeness (QED) is 0.338. The molecule has 0 aromatic heterocycles. The fourth-order valence-corrected chi connectivity index (χ4v) is 8.08. The van der Waals surface area contributed by atoms with E-state index < -0.39 is 20.4 Å². The Morgan fingerprint density at radius 3 is 2.45 bits per heavy atom. The van der Waals surface area contributed by atoms with E-state index in [0.717, 1.165) is 35.1 Å². The number of rotatable bonds is 4. The zero-order valence-corrected chi connectivity index (χ0v) is 20.0. The molecule has 3 aromatic carbocycles. The van der Waals surface area contributed by atoms with Crippen LogP contribution in [-0.4, -0.2) is 21.0 Å². The maximum absolute atomic E-state index is 13.9. The van der Waals surface area contributed by atoms with Gasteiger partial charge >= 0.3 is 0 Å². The second-order valence-electron chi connectivity index (χ2n) is 8.53. The Balaban J connectivity index is 1.58. The fraction of sp³-hybridized carbons (Fsp3) is 0.231. The van der Waals surface area contributed by atoms with Gasteiger partial charge in [-0.15, -0.1) is 0 Å². The van der Waals surface area contributed by atoms with E-state index in [4.69, 9.17) is 23.2 Å². The molecule has 2 aliphatic rings. The van der Waals surface area contributed by atoms with Gasteiger partial charge in [0.25, 0.3) is 0 Å². The van der Waals surface area contributed by atoms with E-state index in [-0.39, 0.29) is 10.9 Å². The number of fused-ring (bicyclic) bond motifs is 3. The molecule has 0 unspecified atom stereocenters. The zero-order chi connectivity index (χ0) is 23.2. The third-order valence-corrected chi connectivity index (χ3v) is 10.0. The predicted octanol–water partition coefficient (Wildman–Crippen LogP) is 6.28. The Labute approximate surface area is 203 Å². The summed E-state index contributed by atoms with van der Waals surface area (Å²) in [6, 6.07) is 16.3. The van der Waals surface area contributed by atoms with E-state index in [9.17, 15) is 12.8 Å². The summed E-state index contributed by atoms with van der Waals surface area (Å²) < 4.78 is 40.3. The van der Waals surface area contributed by atoms with Gasteiger partial charge < -0.3 is 5.32 Å². The minimum absolute atomic E-state index is 0.155. The Hall–Kier alpha value is -2.18. The van der Waals surface area contributed by atoms with Crippen LogP contribution in [0.1, 0.15) is 35.1 Å². The molecule has 1 saturated heterocycles. The monoisotopic (exact) mass is 501 g/mol. The van der Waals surface area contributed by atoms with Crippen LogP contribution in [0.25, 0.3) is 12.2 Å². The molecule has 0 saturated carbocycles. The van der Waals surface area contributed by atoms with E-state index in [2.05, 4.69) is 5.32 Å². The van der Waals surface area contributed by atoms with Crippen molar-refractivity contribution < 1.29 is 12.8 Å². The van der Waals surface area contributed by atoms with E-state index in [1.165, 1.54) is 24.3 Å². The van der Waals surface area contributed by atoms with E-state index in [0.29, 0.717) is 23.0 Å². The number of hydrogen-bond donors (Lipinski definition) is 1. The fourth-order valence-electron chi connectivity index (χ4n) is 5.21. The largest absolute Gasteiger partial charge is 0.312 e. The van der Waals surface area contributed by atoms with E-state index >= 15 is 0 Å². The number of hydrogen-bond acceptors (Lipinski definition) is 3. The minimum atomic E-state index is -3.75. The third-order valence-electron chi connectivity index (χ3n) is 6.78. The van der Waals surface area contributed by atoms with Crippen molar-refractivity contribution in [1.29, 1.82) is 0 Å². The van der Waals surface area contributed by atoms with Crippen LogP contribution in [0.5, 0.6) is 0 Å². The Kier molecular flexibility index (Phi) is 5.86. The van der Waals surface area contributed by atoms with Crippen molar-refractivity contribution in [2.45, 2.75) is 34.9 Å². The molecule has 2 atom stereocenters. The smallest absolute Gasteiger partial charge is 0.189 e. The summed E-state index contributed by atoms with van der Waals surface area (Å²) in [5, 5.41) is 4.55. The number of aryl methyl sites for hydroxylation is 1. The molecule has 0 spiro atoms. The van der Waals surface area contributed by atoms with Crippen molar-refractivity contribution in [3.05, 3.63) is 98.8 Å². The summed E-state index contributed by atoms with van der Waals surface area (Å²) in [6.07, 6.45) is 5.79. The first-order chi connectivity index (χ1) is 15.8. The first kappa shape index (κ1) is 22.6. The third kappa shape index (κ3) is 3.71. The predicted molar refractivity (Wildman–Crippen MR) is 132 cm³/mol. The van der Waals surface area contributed by atoms with Gasteiger partial charge in [0.2, 0.25) is 0 Å². The number of nitrogens with one attached hydrogen (secondary N) is 1. The molecular weight excluding hydrogens is 480 g/mol. The van der Waals surface area contributed by atoms with Crippen molar-refractivity contribution >= 4 is 45.2 Å². The molecule has 3 nitrogen and oxygen atoms in total. The topological polar surface area (TPSA) is 46.2 Å². The van der Waals surface area contributed by atoms with Crippen LogP contribution in [-0.2, 0) is 21.0 Å². The first-order valence-corrected chi connectivity index (χ1v) is 13.1. The Morgan fingerprint density at radius 2 is 1.73 bits per heavy atom. The summed E-state index contributed by atoms with van der Waals surface area (Å²) in [5.41, 5.74) is 3.55. The molecule has 0 radical (unpaired) electrons. The Bertz CT molecular complexity index is 1330. The van der Waals surface area contributed by atoms with Crippen LogP contribution in [0.2, 0.25) is 10.0 Å². The van der Waals surface area contributed by atoms with Crippen molar-refractivity contribution in [2.24, 2.45) is 0 Å². The van der Waals surface area contributed by atoms with Crippen LogP contribution >= 0.6 is 23.2 Å². The van der Waals surface area contributed by atoms with Gasteiger partial charge in [-0.2, -0.15) is 0 Å². The standard InChI is InChI=1S/C26H22Cl2FNO2S/c27-23-2-1-3-24(28)21(23)11-4-17-5-12-22-18(16-17)6-13-25-26(22,14-15-30-25)33(31,32)20-9-7-19(29)8-10-20/h1-5,7-12,16,25,30H,6,13-15H2/b11-4+/t25-,26-/m1/s1. The highest BCUT2D eigenvalue weighted by molar-refractivity contribution is 7.92. The molecule has 1 N–H and O–H groups in total. The summed E-state index contributed by atoms with van der Waals surface area (Å²) in [4.78, 5) is 0.155. The van der Waals surface area contributed by atoms with Crippen molar-refractivity contribution in [1.82, 2.24) is 5.32 Å². The molecule has 1 aliphatic carbocycles. The van der Waals surface area contributed by atoms with Gasteiger partial charge in [-0.05, 0) is 78.9 Å². The van der Waals surface area contributed by atoms with Gasteiger partial charge in [0, 0.05) is 21.7 Å². The zero-order valence-electron chi connectivity index (χ0n) is 17.7. The van der Waals surface area contributed by atoms with Crippen molar-refractivity contribution in [3.63, 3.8) is 0 Å². The highest BCUT2D eigenvalue weighted by Gasteiger charge is 2.56. The van der Waals surface area contributed by atoms with Crippen molar-refractivity contribution in [3.8, 4) is 0 Å². The van der Waals surface area contributed by atoms with E-state index in [1.54, 1.807) is 18.2 Å². The van der Waals surface area contributed by atoms with E-state index in [1.807, 2.05) is 30.4 Å². The second kappa shape index (κ2) is 8.55. The lowest BCUT2D eigenvalue weighted by Crippen LogP contribution is -2.49. The number of benzene rings is 3. The highest BCUT2D eigenvalue weighted by Crippen LogP contribution is 2.49. The van der Waals surface area contributed by atoms with Gasteiger partial charge in [0.15, 0.2) is 9.84 Å². The summed E-state index contributed by atoms with van der Waals surface area (Å²) in [6.45, 7) is 0.622. The maximum atomic E-state index is 13.9. The van der Waals surface area contributed by atoms with Gasteiger partial charge in [-0.25, -0.2) is 12.8 Å². The van der Waals surface area contributed by atoms with Gasteiger partial charge in [0.05, 0.1) is 4.90 Å². The minimum Gasteiger partial charge on any atom is -0.312 e. The molecule has 3 aromatic rings. The lowest BCUT2D eigenvalue weighted by molar-refractivity contribution is 0.416. The first-order valence-electron chi connectivity index (χ1n) is 10.8. The SMILES string of the molecule is O=S(=O)(c1ccc(F)cc1)[C@@]12CCN[C@@H]1CCc1cc(/C=C/c3c(Cl)cccc3Cl)ccc12. The van der Waals surface area contributed by atoms with Crippen LogP contribution in [0, 0.1) is 5.82 Å². The van der Waals surface area contributed by atoms with Gasteiger partial charge in [-0.1, -0.05) is 59.6 Å². The molecular formula is C26H22Cl2FNO2S. The average Bonchev–Trinajstić information content (AvgIpc) is 3.25. The van der Waals surface area contributed by atoms with Crippen molar-refractivity contribution in [2.75, 3.05) is 6.54 Å². The van der Waals surface area contributed by atoms with Crippen LogP contribution in [0.3, 0.4) is 0 Å². The number of halogens is 3. The van der Waals surface area contributed by atoms with Crippen LogP contribution in [0.4, 0.5) is 4.39 Å². The molecule has 1 aliphatic heterocycles. The van der Waals surface area contributed by atoms with Crippen LogP contribution in [0.15, 0.2) is 65.6 Å². The highest BCUT2D eigenvalue weighted by atomic mass is 35.5.